The average molecular weight is 238 g/mol. The fourth-order valence-corrected chi connectivity index (χ4v) is 4.24. The van der Waals surface area contributed by atoms with Gasteiger partial charge in [-0.15, -0.1) is 0 Å². The number of carbonyl (C=O) groups is 1. The predicted molar refractivity (Wildman–Crippen MR) is 57.3 cm³/mol. The molecule has 0 amide bonds. The fourth-order valence-electron chi connectivity index (χ4n) is 1.24. The third-order valence-electron chi connectivity index (χ3n) is 2.13. The number of carboxylic acid groups (broad SMARTS) is 1. The van der Waals surface area contributed by atoms with Crippen molar-refractivity contribution in [3.63, 3.8) is 0 Å². The van der Waals surface area contributed by atoms with E-state index in [9.17, 15) is 9.90 Å². The summed E-state index contributed by atoms with van der Waals surface area (Å²) in [5, 5.41) is 27.2. The van der Waals surface area contributed by atoms with Crippen LogP contribution in [0.4, 0.5) is 0 Å². The van der Waals surface area contributed by atoms with Gasteiger partial charge in [0, 0.05) is 11.0 Å². The number of aliphatic carboxylic acids is 1. The highest BCUT2D eigenvalue weighted by molar-refractivity contribution is 8.77. The molecule has 14 heavy (non-hydrogen) atoms. The maximum absolute atomic E-state index is 10.3. The lowest BCUT2D eigenvalue weighted by Gasteiger charge is -2.15. The molecular weight excluding hydrogens is 224 g/mol. The lowest BCUT2D eigenvalue weighted by Crippen LogP contribution is -2.34. The van der Waals surface area contributed by atoms with Crippen molar-refractivity contribution < 1.29 is 20.1 Å². The Bertz CT molecular complexity index is 194. The topological polar surface area (TPSA) is 77.8 Å². The summed E-state index contributed by atoms with van der Waals surface area (Å²) < 4.78 is 0. The second-order valence-corrected chi connectivity index (χ2v) is 6.04. The molecule has 1 aliphatic rings. The average Bonchev–Trinajstić information content (AvgIpc) is 2.65. The highest BCUT2D eigenvalue weighted by atomic mass is 33.1. The molecule has 0 bridgehead atoms. The number of hydrogen-bond acceptors (Lipinski definition) is 5. The Labute approximate surface area is 90.5 Å². The highest BCUT2D eigenvalue weighted by Gasteiger charge is 2.25. The van der Waals surface area contributed by atoms with Gasteiger partial charge in [-0.05, 0) is 19.3 Å². The van der Waals surface area contributed by atoms with E-state index in [1.54, 1.807) is 21.6 Å². The van der Waals surface area contributed by atoms with Crippen LogP contribution in [-0.4, -0.2) is 44.5 Å². The number of hydrogen-bond donors (Lipinski definition) is 3. The van der Waals surface area contributed by atoms with E-state index in [4.69, 9.17) is 10.2 Å². The van der Waals surface area contributed by atoms with Crippen molar-refractivity contribution in [2.75, 3.05) is 5.75 Å². The molecule has 4 nitrogen and oxygen atoms in total. The number of rotatable bonds is 5. The number of aliphatic hydroxyl groups is 2. The lowest BCUT2D eigenvalue weighted by molar-refractivity contribution is -0.153. The van der Waals surface area contributed by atoms with E-state index < -0.39 is 18.2 Å². The normalized spacial score (nSPS) is 26.0. The van der Waals surface area contributed by atoms with Gasteiger partial charge in [-0.3, -0.25) is 0 Å². The molecule has 0 spiro atoms. The number of aliphatic hydroxyl groups excluding tert-OH is 2. The van der Waals surface area contributed by atoms with Crippen LogP contribution in [0.2, 0.25) is 0 Å². The van der Waals surface area contributed by atoms with Crippen LogP contribution < -0.4 is 0 Å². The maximum atomic E-state index is 10.3. The smallest absolute Gasteiger partial charge is 0.335 e. The van der Waals surface area contributed by atoms with Gasteiger partial charge < -0.3 is 15.3 Å². The third kappa shape index (κ3) is 3.68. The first-order valence-electron chi connectivity index (χ1n) is 4.48. The molecule has 0 aromatic heterocycles. The first-order chi connectivity index (χ1) is 6.61. The summed E-state index contributed by atoms with van der Waals surface area (Å²) in [6, 6.07) is 0. The zero-order valence-electron chi connectivity index (χ0n) is 7.63. The molecule has 1 heterocycles. The molecule has 1 saturated heterocycles. The molecule has 0 aromatic rings. The largest absolute Gasteiger partial charge is 0.479 e. The van der Waals surface area contributed by atoms with Crippen molar-refractivity contribution in [1.82, 2.24) is 0 Å². The molecule has 0 saturated carbocycles. The molecule has 6 heteroatoms. The van der Waals surface area contributed by atoms with Gasteiger partial charge in [0.25, 0.3) is 0 Å². The van der Waals surface area contributed by atoms with Gasteiger partial charge in [0.2, 0.25) is 0 Å². The van der Waals surface area contributed by atoms with Crippen LogP contribution in [0.5, 0.6) is 0 Å². The summed E-state index contributed by atoms with van der Waals surface area (Å²) in [6.45, 7) is 0. The Balaban J connectivity index is 2.19. The first-order valence-corrected chi connectivity index (χ1v) is 6.86. The van der Waals surface area contributed by atoms with Gasteiger partial charge in [0.1, 0.15) is 0 Å². The van der Waals surface area contributed by atoms with E-state index in [2.05, 4.69) is 0 Å². The van der Waals surface area contributed by atoms with Crippen molar-refractivity contribution in [1.29, 1.82) is 0 Å². The summed E-state index contributed by atoms with van der Waals surface area (Å²) >= 11 is 0. The van der Waals surface area contributed by atoms with E-state index in [1.165, 1.54) is 0 Å². The van der Waals surface area contributed by atoms with Crippen LogP contribution in [-0.2, 0) is 4.79 Å². The minimum atomic E-state index is -1.64. The van der Waals surface area contributed by atoms with Crippen LogP contribution in [0, 0.1) is 0 Å². The second kappa shape index (κ2) is 5.85. The minimum absolute atomic E-state index is 0.353. The second-order valence-electron chi connectivity index (χ2n) is 3.26. The van der Waals surface area contributed by atoms with Crippen LogP contribution in [0.1, 0.15) is 19.3 Å². The summed E-state index contributed by atoms with van der Waals surface area (Å²) in [7, 11) is 3.59. The van der Waals surface area contributed by atoms with Crippen molar-refractivity contribution in [2.24, 2.45) is 0 Å². The Morgan fingerprint density at radius 2 is 2.21 bits per heavy atom. The monoisotopic (exact) mass is 238 g/mol. The van der Waals surface area contributed by atoms with Gasteiger partial charge >= 0.3 is 5.97 Å². The SMILES string of the molecule is O=C(O)C(O)C(O)CCC1CCSS1. The van der Waals surface area contributed by atoms with Crippen molar-refractivity contribution in [2.45, 2.75) is 36.7 Å². The first kappa shape index (κ1) is 12.2. The Kier molecular flexibility index (Phi) is 5.08. The standard InChI is InChI=1S/C8H14O4S2/c9-6(7(10)8(11)12)2-1-5-3-4-13-14-5/h5-7,9-10H,1-4H2,(H,11,12). The molecule has 3 atom stereocenters. The fraction of sp³-hybridized carbons (Fsp3) is 0.875. The minimum Gasteiger partial charge on any atom is -0.479 e. The summed E-state index contributed by atoms with van der Waals surface area (Å²) in [5.74, 6) is -0.238. The molecule has 3 N–H and O–H groups in total. The molecule has 3 unspecified atom stereocenters. The zero-order valence-corrected chi connectivity index (χ0v) is 9.26. The van der Waals surface area contributed by atoms with Crippen molar-refractivity contribution >= 4 is 27.6 Å². The van der Waals surface area contributed by atoms with Crippen LogP contribution >= 0.6 is 21.6 Å². The lowest BCUT2D eigenvalue weighted by atomic mass is 10.1. The van der Waals surface area contributed by atoms with Gasteiger partial charge in [0.15, 0.2) is 6.10 Å². The van der Waals surface area contributed by atoms with Gasteiger partial charge in [-0.2, -0.15) is 0 Å². The molecule has 1 rings (SSSR count). The van der Waals surface area contributed by atoms with Gasteiger partial charge in [-0.25, -0.2) is 4.79 Å². The van der Waals surface area contributed by atoms with Crippen molar-refractivity contribution in [3.8, 4) is 0 Å². The molecule has 82 valence electrons. The summed E-state index contributed by atoms with van der Waals surface area (Å²) in [6.07, 6.45) is -0.562. The Morgan fingerprint density at radius 1 is 1.50 bits per heavy atom. The molecule has 1 fully saturated rings. The molecule has 1 aliphatic heterocycles. The highest BCUT2D eigenvalue weighted by Crippen LogP contribution is 2.39. The Hall–Kier alpha value is 0.0900. The number of carboxylic acids is 1. The van der Waals surface area contributed by atoms with Gasteiger partial charge in [-0.1, -0.05) is 21.6 Å². The zero-order chi connectivity index (χ0) is 10.6. The van der Waals surface area contributed by atoms with Gasteiger partial charge in [0.05, 0.1) is 6.10 Å². The van der Waals surface area contributed by atoms with E-state index in [-0.39, 0.29) is 0 Å². The molecular formula is C8H14O4S2. The summed E-state index contributed by atoms with van der Waals surface area (Å²) in [5.41, 5.74) is 0. The summed E-state index contributed by atoms with van der Waals surface area (Å²) in [4.78, 5) is 10.3. The van der Waals surface area contributed by atoms with Crippen LogP contribution in [0.15, 0.2) is 0 Å². The molecule has 0 aliphatic carbocycles. The quantitative estimate of drug-likeness (QED) is 0.613. The maximum Gasteiger partial charge on any atom is 0.335 e. The Morgan fingerprint density at radius 3 is 2.71 bits per heavy atom. The van der Waals surface area contributed by atoms with E-state index in [0.717, 1.165) is 18.6 Å². The van der Waals surface area contributed by atoms with E-state index >= 15 is 0 Å². The predicted octanol–water partition coefficient (Wildman–Crippen LogP) is 0.727. The van der Waals surface area contributed by atoms with Crippen LogP contribution in [0.25, 0.3) is 0 Å². The van der Waals surface area contributed by atoms with E-state index in [0.29, 0.717) is 11.7 Å². The third-order valence-corrected chi connectivity index (χ3v) is 5.14. The van der Waals surface area contributed by atoms with Crippen LogP contribution in [0.3, 0.4) is 0 Å². The molecule has 0 radical (unpaired) electrons. The molecule has 0 aromatic carbocycles. The van der Waals surface area contributed by atoms with E-state index in [1.807, 2.05) is 0 Å². The van der Waals surface area contributed by atoms with Crippen molar-refractivity contribution in [3.05, 3.63) is 0 Å².